The molecule has 108 valence electrons. The Morgan fingerprint density at radius 3 is 2.67 bits per heavy atom. The van der Waals surface area contributed by atoms with E-state index in [-0.39, 0.29) is 0 Å². The Kier molecular flexibility index (Phi) is 7.87. The Bertz CT molecular complexity index is 209. The van der Waals surface area contributed by atoms with Crippen LogP contribution in [-0.4, -0.2) is 49.8 Å². The summed E-state index contributed by atoms with van der Waals surface area (Å²) in [7, 11) is 0. The molecule has 0 amide bonds. The van der Waals surface area contributed by atoms with Crippen LogP contribution in [0.2, 0.25) is 0 Å². The first-order valence-electron chi connectivity index (χ1n) is 7.80. The van der Waals surface area contributed by atoms with Crippen LogP contribution >= 0.6 is 0 Å². The molecule has 1 fully saturated rings. The van der Waals surface area contributed by atoms with Gasteiger partial charge in [-0.25, -0.2) is 0 Å². The van der Waals surface area contributed by atoms with E-state index in [1.54, 1.807) is 0 Å². The maximum absolute atomic E-state index is 6.03. The third-order valence-electron chi connectivity index (χ3n) is 4.01. The largest absolute Gasteiger partial charge is 0.374 e. The van der Waals surface area contributed by atoms with Crippen LogP contribution < -0.4 is 5.32 Å². The standard InChI is InChI=1S/C15H32N2O/c1-5-8-16-15(13(4)7-3)14-12-17(9-6-2)10-11-18-14/h13-16H,5-12H2,1-4H3. The van der Waals surface area contributed by atoms with Gasteiger partial charge in [0.15, 0.2) is 0 Å². The quantitative estimate of drug-likeness (QED) is 0.722. The molecule has 1 aliphatic rings. The summed E-state index contributed by atoms with van der Waals surface area (Å²) in [4.78, 5) is 2.55. The van der Waals surface area contributed by atoms with E-state index < -0.39 is 0 Å². The van der Waals surface area contributed by atoms with Gasteiger partial charge in [0, 0.05) is 19.1 Å². The predicted molar refractivity (Wildman–Crippen MR) is 78.0 cm³/mol. The highest BCUT2D eigenvalue weighted by molar-refractivity contribution is 4.86. The Morgan fingerprint density at radius 1 is 1.28 bits per heavy atom. The normalized spacial score (nSPS) is 25.0. The predicted octanol–water partition coefficient (Wildman–Crippen LogP) is 2.51. The molecular formula is C15H32N2O. The van der Waals surface area contributed by atoms with Gasteiger partial charge in [-0.15, -0.1) is 0 Å². The topological polar surface area (TPSA) is 24.5 Å². The van der Waals surface area contributed by atoms with Gasteiger partial charge in [-0.2, -0.15) is 0 Å². The molecule has 0 saturated carbocycles. The number of rotatable bonds is 8. The molecule has 3 nitrogen and oxygen atoms in total. The van der Waals surface area contributed by atoms with E-state index in [9.17, 15) is 0 Å². The van der Waals surface area contributed by atoms with E-state index in [0.717, 1.165) is 26.2 Å². The van der Waals surface area contributed by atoms with Crippen LogP contribution in [0.3, 0.4) is 0 Å². The molecule has 3 heteroatoms. The van der Waals surface area contributed by atoms with Gasteiger partial charge in [0.25, 0.3) is 0 Å². The fraction of sp³-hybridized carbons (Fsp3) is 1.00. The molecule has 3 unspecified atom stereocenters. The molecule has 1 aliphatic heterocycles. The van der Waals surface area contributed by atoms with Crippen molar-refractivity contribution in [1.29, 1.82) is 0 Å². The SMILES string of the molecule is CCCNC(C(C)CC)C1CN(CCC)CCO1. The smallest absolute Gasteiger partial charge is 0.0857 e. The summed E-state index contributed by atoms with van der Waals surface area (Å²) in [5, 5.41) is 3.70. The minimum atomic E-state index is 0.367. The van der Waals surface area contributed by atoms with Crippen molar-refractivity contribution in [2.45, 2.75) is 59.1 Å². The molecule has 0 bridgehead atoms. The summed E-state index contributed by atoms with van der Waals surface area (Å²) >= 11 is 0. The highest BCUT2D eigenvalue weighted by Gasteiger charge is 2.30. The minimum Gasteiger partial charge on any atom is -0.374 e. The lowest BCUT2D eigenvalue weighted by Crippen LogP contribution is -2.54. The lowest BCUT2D eigenvalue weighted by Gasteiger charge is -2.39. The average Bonchev–Trinajstić information content (AvgIpc) is 2.39. The van der Waals surface area contributed by atoms with Gasteiger partial charge in [-0.3, -0.25) is 4.90 Å². The Balaban J connectivity index is 2.54. The summed E-state index contributed by atoms with van der Waals surface area (Å²) in [6.07, 6.45) is 4.02. The van der Waals surface area contributed by atoms with Crippen molar-refractivity contribution >= 4 is 0 Å². The second-order valence-corrected chi connectivity index (χ2v) is 5.58. The van der Waals surface area contributed by atoms with E-state index in [4.69, 9.17) is 4.74 Å². The van der Waals surface area contributed by atoms with E-state index in [0.29, 0.717) is 18.1 Å². The molecule has 1 saturated heterocycles. The molecule has 0 aliphatic carbocycles. The summed E-state index contributed by atoms with van der Waals surface area (Å²) < 4.78 is 6.03. The van der Waals surface area contributed by atoms with Crippen LogP contribution in [0.1, 0.15) is 47.0 Å². The molecule has 0 aromatic carbocycles. The van der Waals surface area contributed by atoms with Gasteiger partial charge in [0.1, 0.15) is 0 Å². The first-order chi connectivity index (χ1) is 8.72. The number of hydrogen-bond donors (Lipinski definition) is 1. The molecule has 1 N–H and O–H groups in total. The van der Waals surface area contributed by atoms with Crippen LogP contribution in [0.4, 0.5) is 0 Å². The van der Waals surface area contributed by atoms with Crippen molar-refractivity contribution in [3.63, 3.8) is 0 Å². The third kappa shape index (κ3) is 4.87. The van der Waals surface area contributed by atoms with Crippen molar-refractivity contribution in [3.05, 3.63) is 0 Å². The Morgan fingerprint density at radius 2 is 2.06 bits per heavy atom. The van der Waals surface area contributed by atoms with Crippen molar-refractivity contribution < 1.29 is 4.74 Å². The second kappa shape index (κ2) is 8.89. The van der Waals surface area contributed by atoms with Crippen LogP contribution in [0.5, 0.6) is 0 Å². The van der Waals surface area contributed by atoms with Gasteiger partial charge in [-0.05, 0) is 31.8 Å². The lowest BCUT2D eigenvalue weighted by atomic mass is 9.93. The van der Waals surface area contributed by atoms with Gasteiger partial charge >= 0.3 is 0 Å². The molecule has 0 aromatic heterocycles. The minimum absolute atomic E-state index is 0.367. The van der Waals surface area contributed by atoms with E-state index in [1.165, 1.54) is 25.8 Å². The fourth-order valence-corrected chi connectivity index (χ4v) is 2.73. The third-order valence-corrected chi connectivity index (χ3v) is 4.01. The van der Waals surface area contributed by atoms with Crippen LogP contribution in [0, 0.1) is 5.92 Å². The van der Waals surface area contributed by atoms with Crippen molar-refractivity contribution in [2.24, 2.45) is 5.92 Å². The highest BCUT2D eigenvalue weighted by Crippen LogP contribution is 2.18. The van der Waals surface area contributed by atoms with Gasteiger partial charge in [0.2, 0.25) is 0 Å². The lowest BCUT2D eigenvalue weighted by molar-refractivity contribution is -0.0553. The monoisotopic (exact) mass is 256 g/mol. The van der Waals surface area contributed by atoms with Crippen molar-refractivity contribution in [2.75, 3.05) is 32.8 Å². The van der Waals surface area contributed by atoms with E-state index in [1.807, 2.05) is 0 Å². The summed E-state index contributed by atoms with van der Waals surface area (Å²) in [6.45, 7) is 14.5. The van der Waals surface area contributed by atoms with Crippen LogP contribution in [0.25, 0.3) is 0 Å². The van der Waals surface area contributed by atoms with Crippen LogP contribution in [0.15, 0.2) is 0 Å². The maximum atomic E-state index is 6.03. The Labute approximate surface area is 113 Å². The number of ether oxygens (including phenoxy) is 1. The first-order valence-corrected chi connectivity index (χ1v) is 7.80. The molecule has 0 radical (unpaired) electrons. The second-order valence-electron chi connectivity index (χ2n) is 5.58. The zero-order valence-corrected chi connectivity index (χ0v) is 12.7. The molecular weight excluding hydrogens is 224 g/mol. The molecule has 0 aromatic rings. The summed E-state index contributed by atoms with van der Waals surface area (Å²) in [6, 6.07) is 0.509. The zero-order chi connectivity index (χ0) is 13.4. The molecule has 1 heterocycles. The molecule has 1 rings (SSSR count). The number of nitrogens with one attached hydrogen (secondary N) is 1. The summed E-state index contributed by atoms with van der Waals surface area (Å²) in [5.74, 6) is 0.683. The van der Waals surface area contributed by atoms with Crippen molar-refractivity contribution in [1.82, 2.24) is 10.2 Å². The molecule has 3 atom stereocenters. The van der Waals surface area contributed by atoms with E-state index >= 15 is 0 Å². The van der Waals surface area contributed by atoms with E-state index in [2.05, 4.69) is 37.9 Å². The Hall–Kier alpha value is -0.120. The van der Waals surface area contributed by atoms with Crippen LogP contribution in [-0.2, 0) is 4.74 Å². The number of nitrogens with zero attached hydrogens (tertiary/aromatic N) is 1. The number of hydrogen-bond acceptors (Lipinski definition) is 3. The summed E-state index contributed by atoms with van der Waals surface area (Å²) in [5.41, 5.74) is 0. The zero-order valence-electron chi connectivity index (χ0n) is 12.7. The number of morpholine rings is 1. The van der Waals surface area contributed by atoms with Gasteiger partial charge in [-0.1, -0.05) is 34.1 Å². The fourth-order valence-electron chi connectivity index (χ4n) is 2.73. The van der Waals surface area contributed by atoms with Crippen molar-refractivity contribution in [3.8, 4) is 0 Å². The molecule has 18 heavy (non-hydrogen) atoms. The van der Waals surface area contributed by atoms with Gasteiger partial charge < -0.3 is 10.1 Å². The first kappa shape index (κ1) is 15.9. The van der Waals surface area contributed by atoms with Gasteiger partial charge in [0.05, 0.1) is 12.7 Å². The maximum Gasteiger partial charge on any atom is 0.0857 e. The molecule has 0 spiro atoms. The highest BCUT2D eigenvalue weighted by atomic mass is 16.5. The average molecular weight is 256 g/mol.